The maximum absolute atomic E-state index is 13.1. The van der Waals surface area contributed by atoms with Gasteiger partial charge in [0.1, 0.15) is 0 Å². The number of rotatable bonds is 7. The third kappa shape index (κ3) is 4.06. The van der Waals surface area contributed by atoms with Crippen LogP contribution in [0.25, 0.3) is 11.3 Å². The van der Waals surface area contributed by atoms with Crippen LogP contribution in [0, 0.1) is 13.8 Å². The topological polar surface area (TPSA) is 72.2 Å². The number of benzene rings is 1. The van der Waals surface area contributed by atoms with Crippen LogP contribution in [0.15, 0.2) is 51.2 Å². The molecular weight excluding hydrogens is 368 g/mol. The van der Waals surface area contributed by atoms with Gasteiger partial charge in [-0.2, -0.15) is 0 Å². The molecule has 5 nitrogen and oxygen atoms in total. The molecule has 0 unspecified atom stereocenters. The van der Waals surface area contributed by atoms with Gasteiger partial charge in [0.05, 0.1) is 16.6 Å². The molecule has 0 fully saturated rings. The Morgan fingerprint density at radius 2 is 2.04 bits per heavy atom. The third-order valence-electron chi connectivity index (χ3n) is 4.15. The van der Waals surface area contributed by atoms with Crippen molar-refractivity contribution < 1.29 is 12.9 Å². The number of hydrogen-bond donors (Lipinski definition) is 1. The van der Waals surface area contributed by atoms with Crippen molar-refractivity contribution >= 4 is 21.4 Å². The second-order valence-corrected chi connectivity index (χ2v) is 8.95. The zero-order valence-corrected chi connectivity index (χ0v) is 16.7. The van der Waals surface area contributed by atoms with E-state index in [1.807, 2.05) is 37.4 Å². The quantitative estimate of drug-likeness (QED) is 0.626. The number of aryl methyl sites for hydroxylation is 2. The molecule has 0 saturated carbocycles. The first-order valence-electron chi connectivity index (χ1n) is 8.51. The number of hydrogen-bond acceptors (Lipinski definition) is 5. The van der Waals surface area contributed by atoms with Crippen LogP contribution in [-0.2, 0) is 10.0 Å². The molecule has 1 N–H and O–H groups in total. The smallest absolute Gasteiger partial charge is 0.241 e. The molecule has 0 amide bonds. The summed E-state index contributed by atoms with van der Waals surface area (Å²) in [5.74, 6) is 0.558. The van der Waals surface area contributed by atoms with E-state index in [-0.39, 0.29) is 10.9 Å². The molecule has 0 aliphatic heterocycles. The second kappa shape index (κ2) is 7.73. The molecule has 0 spiro atoms. The minimum absolute atomic E-state index is 0.222. The van der Waals surface area contributed by atoms with Gasteiger partial charge >= 0.3 is 0 Å². The van der Waals surface area contributed by atoms with Crippen LogP contribution in [0.4, 0.5) is 0 Å². The molecule has 26 heavy (non-hydrogen) atoms. The highest BCUT2D eigenvalue weighted by atomic mass is 32.2. The number of sulfonamides is 1. The Morgan fingerprint density at radius 3 is 2.65 bits per heavy atom. The number of nitrogens with zero attached hydrogens (tertiary/aromatic N) is 1. The van der Waals surface area contributed by atoms with E-state index in [2.05, 4.69) is 9.88 Å². The van der Waals surface area contributed by atoms with Gasteiger partial charge in [-0.1, -0.05) is 36.7 Å². The van der Waals surface area contributed by atoms with Gasteiger partial charge in [0.15, 0.2) is 5.76 Å². The van der Waals surface area contributed by atoms with Crippen LogP contribution in [0.2, 0.25) is 0 Å². The Bertz CT molecular complexity index is 976. The van der Waals surface area contributed by atoms with Gasteiger partial charge in [-0.15, -0.1) is 11.3 Å². The van der Waals surface area contributed by atoms with Gasteiger partial charge in [0, 0.05) is 16.5 Å². The maximum atomic E-state index is 13.1. The lowest BCUT2D eigenvalue weighted by Crippen LogP contribution is -2.28. The Morgan fingerprint density at radius 1 is 1.23 bits per heavy atom. The summed E-state index contributed by atoms with van der Waals surface area (Å²) in [6.07, 6.45) is 1.64. The fourth-order valence-corrected chi connectivity index (χ4v) is 5.24. The molecule has 1 atom stereocenters. The SMILES string of the molecule is CCC[C@@H](NS(=O)(=O)c1cc(-c2cc(C)no2)ccc1C)c1cccs1. The monoisotopic (exact) mass is 390 g/mol. The normalized spacial score (nSPS) is 13.0. The van der Waals surface area contributed by atoms with E-state index in [9.17, 15) is 8.42 Å². The molecule has 0 bridgehead atoms. The summed E-state index contributed by atoms with van der Waals surface area (Å²) in [4.78, 5) is 1.29. The fraction of sp³-hybridized carbons (Fsp3) is 0.316. The highest BCUT2D eigenvalue weighted by Crippen LogP contribution is 2.29. The number of aromatic nitrogens is 1. The second-order valence-electron chi connectivity index (χ2n) is 6.29. The van der Waals surface area contributed by atoms with Crippen molar-refractivity contribution in [2.75, 3.05) is 0 Å². The Kier molecular flexibility index (Phi) is 5.60. The summed E-state index contributed by atoms with van der Waals surface area (Å²) >= 11 is 1.56. The minimum Gasteiger partial charge on any atom is -0.356 e. The summed E-state index contributed by atoms with van der Waals surface area (Å²) in [6, 6.07) is 10.8. The van der Waals surface area contributed by atoms with Crippen molar-refractivity contribution in [3.63, 3.8) is 0 Å². The van der Waals surface area contributed by atoms with Crippen LogP contribution in [0.3, 0.4) is 0 Å². The van der Waals surface area contributed by atoms with Gasteiger partial charge < -0.3 is 4.52 Å². The first kappa shape index (κ1) is 18.8. The maximum Gasteiger partial charge on any atom is 0.241 e. The van der Waals surface area contributed by atoms with Gasteiger partial charge in [-0.25, -0.2) is 13.1 Å². The van der Waals surface area contributed by atoms with Gasteiger partial charge in [0.25, 0.3) is 0 Å². The fourth-order valence-electron chi connectivity index (χ4n) is 2.83. The molecule has 7 heteroatoms. The molecule has 2 heterocycles. The highest BCUT2D eigenvalue weighted by molar-refractivity contribution is 7.89. The zero-order valence-electron chi connectivity index (χ0n) is 15.0. The van der Waals surface area contributed by atoms with E-state index in [0.29, 0.717) is 16.9 Å². The summed E-state index contributed by atoms with van der Waals surface area (Å²) in [7, 11) is -3.67. The molecule has 0 saturated heterocycles. The molecule has 3 aromatic rings. The van der Waals surface area contributed by atoms with Crippen molar-refractivity contribution in [1.82, 2.24) is 9.88 Å². The van der Waals surface area contributed by atoms with Crippen LogP contribution in [0.1, 0.15) is 41.9 Å². The van der Waals surface area contributed by atoms with Gasteiger partial charge in [0.2, 0.25) is 10.0 Å². The first-order valence-corrected chi connectivity index (χ1v) is 10.9. The Hall–Kier alpha value is -1.96. The standard InChI is InChI=1S/C19H22N2O3S2/c1-4-6-16(18-7-5-10-25-18)21-26(22,23)19-12-15(9-8-13(19)2)17-11-14(3)20-24-17/h5,7-12,16,21H,4,6H2,1-3H3/t16-/m1/s1. The van der Waals surface area contributed by atoms with Crippen LogP contribution < -0.4 is 4.72 Å². The summed E-state index contributed by atoms with van der Waals surface area (Å²) < 4.78 is 34.3. The molecule has 0 radical (unpaired) electrons. The Balaban J connectivity index is 1.95. The lowest BCUT2D eigenvalue weighted by molar-refractivity contribution is 0.427. The summed E-state index contributed by atoms with van der Waals surface area (Å²) in [5.41, 5.74) is 2.14. The van der Waals surface area contributed by atoms with Crippen LogP contribution in [0.5, 0.6) is 0 Å². The average Bonchev–Trinajstić information content (AvgIpc) is 3.26. The van der Waals surface area contributed by atoms with Gasteiger partial charge in [-0.3, -0.25) is 0 Å². The summed E-state index contributed by atoms with van der Waals surface area (Å²) in [5, 5.41) is 5.84. The lowest BCUT2D eigenvalue weighted by atomic mass is 10.1. The van der Waals surface area contributed by atoms with Gasteiger partial charge in [-0.05, 0) is 43.3 Å². The molecule has 0 aliphatic rings. The van der Waals surface area contributed by atoms with Crippen LogP contribution in [-0.4, -0.2) is 13.6 Å². The van der Waals surface area contributed by atoms with E-state index in [4.69, 9.17) is 4.52 Å². The molecule has 2 aromatic heterocycles. The lowest BCUT2D eigenvalue weighted by Gasteiger charge is -2.18. The van der Waals surface area contributed by atoms with Crippen molar-refractivity contribution in [3.8, 4) is 11.3 Å². The molecule has 3 rings (SSSR count). The Labute approximate surface area is 158 Å². The molecule has 1 aromatic carbocycles. The largest absolute Gasteiger partial charge is 0.356 e. The highest BCUT2D eigenvalue weighted by Gasteiger charge is 2.24. The van der Waals surface area contributed by atoms with Crippen molar-refractivity contribution in [1.29, 1.82) is 0 Å². The van der Waals surface area contributed by atoms with Crippen molar-refractivity contribution in [2.45, 2.75) is 44.6 Å². The third-order valence-corrected chi connectivity index (χ3v) is 6.75. The minimum atomic E-state index is -3.67. The molecule has 0 aliphatic carbocycles. The predicted molar refractivity (Wildman–Crippen MR) is 104 cm³/mol. The zero-order chi connectivity index (χ0) is 18.7. The van der Waals surface area contributed by atoms with E-state index in [1.165, 1.54) is 0 Å². The van der Waals surface area contributed by atoms with E-state index >= 15 is 0 Å². The average molecular weight is 391 g/mol. The van der Waals surface area contributed by atoms with E-state index in [1.54, 1.807) is 36.5 Å². The predicted octanol–water partition coefficient (Wildman–Crippen LogP) is 4.84. The van der Waals surface area contributed by atoms with E-state index < -0.39 is 10.0 Å². The molecule has 138 valence electrons. The molecular formula is C19H22N2O3S2. The van der Waals surface area contributed by atoms with Crippen LogP contribution >= 0.6 is 11.3 Å². The van der Waals surface area contributed by atoms with Crippen molar-refractivity contribution in [3.05, 3.63) is 57.9 Å². The number of nitrogens with one attached hydrogen (secondary N) is 1. The van der Waals surface area contributed by atoms with E-state index in [0.717, 1.165) is 23.4 Å². The first-order chi connectivity index (χ1) is 12.4. The summed E-state index contributed by atoms with van der Waals surface area (Å²) in [6.45, 7) is 5.67. The number of thiophene rings is 1. The van der Waals surface area contributed by atoms with Crippen molar-refractivity contribution in [2.24, 2.45) is 0 Å².